The zero-order chi connectivity index (χ0) is 21.7. The van der Waals surface area contributed by atoms with Crippen LogP contribution < -0.4 is 19.5 Å². The van der Waals surface area contributed by atoms with Gasteiger partial charge in [-0.25, -0.2) is 13.1 Å². The van der Waals surface area contributed by atoms with E-state index in [4.69, 9.17) is 14.0 Å². The van der Waals surface area contributed by atoms with Crippen molar-refractivity contribution >= 4 is 21.6 Å². The summed E-state index contributed by atoms with van der Waals surface area (Å²) in [7, 11) is -0.946. The molecule has 0 aliphatic carbocycles. The number of anilines is 1. The Balaban J connectivity index is 1.75. The van der Waals surface area contributed by atoms with Crippen molar-refractivity contribution in [2.45, 2.75) is 18.4 Å². The highest BCUT2D eigenvalue weighted by atomic mass is 32.2. The zero-order valence-corrected chi connectivity index (χ0v) is 17.3. The number of aromatic nitrogens is 2. The van der Waals surface area contributed by atoms with Crippen molar-refractivity contribution in [3.05, 3.63) is 48.4 Å². The minimum Gasteiger partial charge on any atom is -0.497 e. The molecule has 0 bridgehead atoms. The van der Waals surface area contributed by atoms with Gasteiger partial charge in [0, 0.05) is 12.5 Å². The van der Waals surface area contributed by atoms with E-state index < -0.39 is 10.0 Å². The van der Waals surface area contributed by atoms with Crippen molar-refractivity contribution < 1.29 is 27.2 Å². The van der Waals surface area contributed by atoms with Crippen LogP contribution in [0.1, 0.15) is 12.8 Å². The number of nitrogens with one attached hydrogen (secondary N) is 2. The molecule has 2 N–H and O–H groups in total. The number of carbonyl (C=O) groups is 1. The van der Waals surface area contributed by atoms with Crippen LogP contribution in [0.2, 0.25) is 0 Å². The van der Waals surface area contributed by atoms with Gasteiger partial charge in [0.2, 0.25) is 27.6 Å². The van der Waals surface area contributed by atoms with Crippen LogP contribution in [0, 0.1) is 0 Å². The first-order valence-corrected chi connectivity index (χ1v) is 10.2. The summed E-state index contributed by atoms with van der Waals surface area (Å²) < 4.78 is 43.1. The van der Waals surface area contributed by atoms with Crippen LogP contribution in [0.4, 0.5) is 5.69 Å². The van der Waals surface area contributed by atoms with E-state index in [-0.39, 0.29) is 28.9 Å². The van der Waals surface area contributed by atoms with Gasteiger partial charge in [-0.1, -0.05) is 17.3 Å². The lowest BCUT2D eigenvalue weighted by Gasteiger charge is -2.11. The largest absolute Gasteiger partial charge is 0.497 e. The van der Waals surface area contributed by atoms with Crippen LogP contribution >= 0.6 is 0 Å². The monoisotopic (exact) mass is 432 g/mol. The average Bonchev–Trinajstić information content (AvgIpc) is 3.21. The Morgan fingerprint density at radius 3 is 2.63 bits per heavy atom. The van der Waals surface area contributed by atoms with Gasteiger partial charge in [0.05, 0.1) is 31.3 Å². The van der Waals surface area contributed by atoms with Crippen LogP contribution in [0.3, 0.4) is 0 Å². The van der Waals surface area contributed by atoms with Crippen LogP contribution in [-0.4, -0.2) is 38.7 Å². The van der Waals surface area contributed by atoms with Gasteiger partial charge in [-0.05, 0) is 30.3 Å². The summed E-state index contributed by atoms with van der Waals surface area (Å²) in [6.45, 7) is 1.11. The van der Waals surface area contributed by atoms with Crippen molar-refractivity contribution in [1.29, 1.82) is 0 Å². The molecule has 30 heavy (non-hydrogen) atoms. The van der Waals surface area contributed by atoms with Crippen LogP contribution in [0.15, 0.2) is 51.9 Å². The van der Waals surface area contributed by atoms with Gasteiger partial charge in [0.15, 0.2) is 0 Å². The Labute approximate surface area is 173 Å². The lowest BCUT2D eigenvalue weighted by Crippen LogP contribution is -2.23. The number of sulfonamides is 1. The quantitative estimate of drug-likeness (QED) is 0.553. The normalized spacial score (nSPS) is 11.2. The topological polar surface area (TPSA) is 133 Å². The molecule has 1 amide bonds. The van der Waals surface area contributed by atoms with Crippen molar-refractivity contribution in [3.8, 4) is 22.9 Å². The molecule has 3 rings (SSSR count). The lowest BCUT2D eigenvalue weighted by atomic mass is 10.2. The average molecular weight is 432 g/mol. The van der Waals surface area contributed by atoms with E-state index in [1.165, 1.54) is 32.2 Å². The third-order valence-electron chi connectivity index (χ3n) is 4.00. The van der Waals surface area contributed by atoms with E-state index >= 15 is 0 Å². The number of hydrogen-bond donors (Lipinski definition) is 2. The third-order valence-corrected chi connectivity index (χ3v) is 5.40. The molecule has 0 unspecified atom stereocenters. The van der Waals surface area contributed by atoms with Crippen molar-refractivity contribution in [3.63, 3.8) is 0 Å². The van der Waals surface area contributed by atoms with Gasteiger partial charge in [-0.15, -0.1) is 0 Å². The number of amides is 1. The van der Waals surface area contributed by atoms with Gasteiger partial charge < -0.3 is 19.3 Å². The van der Waals surface area contributed by atoms with E-state index in [1.54, 1.807) is 31.4 Å². The summed E-state index contributed by atoms with van der Waals surface area (Å²) in [5.74, 6) is 1.01. The van der Waals surface area contributed by atoms with Gasteiger partial charge in [0.25, 0.3) is 0 Å². The van der Waals surface area contributed by atoms with Crippen molar-refractivity contribution in [1.82, 2.24) is 14.9 Å². The number of methoxy groups -OCH3 is 2. The van der Waals surface area contributed by atoms with Crippen LogP contribution in [0.5, 0.6) is 11.5 Å². The standard InChI is InChI=1S/C19H20N4O6S/c1-12(24)21-16-10-15(7-8-17(16)28-3)30(25,26)20-11-18-22-19(23-29-18)13-5-4-6-14(9-13)27-2/h4-10,20H,11H2,1-3H3,(H,21,24). The molecule has 158 valence electrons. The highest BCUT2D eigenvalue weighted by Crippen LogP contribution is 2.27. The maximum atomic E-state index is 12.6. The van der Waals surface area contributed by atoms with E-state index in [9.17, 15) is 13.2 Å². The van der Waals surface area contributed by atoms with Crippen LogP contribution in [0.25, 0.3) is 11.4 Å². The molecule has 10 nitrogen and oxygen atoms in total. The fourth-order valence-electron chi connectivity index (χ4n) is 2.59. The zero-order valence-electron chi connectivity index (χ0n) is 16.5. The predicted octanol–water partition coefficient (Wildman–Crippen LogP) is 2.19. The maximum absolute atomic E-state index is 12.6. The fraction of sp³-hybridized carbons (Fsp3) is 0.211. The Kier molecular flexibility index (Phi) is 6.33. The molecule has 11 heteroatoms. The Morgan fingerprint density at radius 2 is 1.93 bits per heavy atom. The first-order chi connectivity index (χ1) is 14.3. The molecule has 1 heterocycles. The highest BCUT2D eigenvalue weighted by Gasteiger charge is 2.19. The SMILES string of the molecule is COc1cccc(-c2noc(CNS(=O)(=O)c3ccc(OC)c(NC(C)=O)c3)n2)c1. The van der Waals surface area contributed by atoms with E-state index in [1.807, 2.05) is 0 Å². The van der Waals surface area contributed by atoms with Gasteiger partial charge in [-0.3, -0.25) is 4.79 Å². The Hall–Kier alpha value is -3.44. The van der Waals surface area contributed by atoms with Gasteiger partial charge >= 0.3 is 0 Å². The summed E-state index contributed by atoms with van der Waals surface area (Å²) in [5, 5.41) is 6.40. The summed E-state index contributed by atoms with van der Waals surface area (Å²) in [5.41, 5.74) is 0.910. The number of benzene rings is 2. The molecule has 0 saturated heterocycles. The molecule has 0 radical (unpaired) electrons. The molecule has 0 aliphatic rings. The molecule has 2 aromatic carbocycles. The lowest BCUT2D eigenvalue weighted by molar-refractivity contribution is -0.114. The summed E-state index contributed by atoms with van der Waals surface area (Å²) in [6, 6.07) is 11.2. The molecule has 0 aliphatic heterocycles. The maximum Gasteiger partial charge on any atom is 0.242 e. The molecular formula is C19H20N4O6S. The second kappa shape index (κ2) is 8.93. The predicted molar refractivity (Wildman–Crippen MR) is 108 cm³/mol. The molecule has 3 aromatic rings. The first kappa shape index (κ1) is 21.3. The van der Waals surface area contributed by atoms with E-state index in [0.717, 1.165) is 0 Å². The number of carbonyl (C=O) groups excluding carboxylic acids is 1. The fourth-order valence-corrected chi connectivity index (χ4v) is 3.59. The number of ether oxygens (including phenoxy) is 2. The smallest absolute Gasteiger partial charge is 0.242 e. The second-order valence-electron chi connectivity index (χ2n) is 6.11. The molecule has 1 aromatic heterocycles. The molecule has 0 atom stereocenters. The van der Waals surface area contributed by atoms with Crippen molar-refractivity contribution in [2.75, 3.05) is 19.5 Å². The molecule has 0 saturated carbocycles. The molecule has 0 fully saturated rings. The van der Waals surface area contributed by atoms with E-state index in [0.29, 0.717) is 22.9 Å². The highest BCUT2D eigenvalue weighted by molar-refractivity contribution is 7.89. The molecular weight excluding hydrogens is 412 g/mol. The van der Waals surface area contributed by atoms with Gasteiger partial charge in [-0.2, -0.15) is 4.98 Å². The Morgan fingerprint density at radius 1 is 1.13 bits per heavy atom. The van der Waals surface area contributed by atoms with Crippen LogP contribution in [-0.2, 0) is 21.4 Å². The Bertz CT molecular complexity index is 1160. The minimum atomic E-state index is -3.91. The minimum absolute atomic E-state index is 0.0559. The second-order valence-corrected chi connectivity index (χ2v) is 7.88. The summed E-state index contributed by atoms with van der Waals surface area (Å²) >= 11 is 0. The number of rotatable bonds is 8. The van der Waals surface area contributed by atoms with Gasteiger partial charge in [0.1, 0.15) is 11.5 Å². The van der Waals surface area contributed by atoms with E-state index in [2.05, 4.69) is 20.2 Å². The number of hydrogen-bond acceptors (Lipinski definition) is 8. The molecule has 0 spiro atoms. The summed E-state index contributed by atoms with van der Waals surface area (Å²) in [4.78, 5) is 15.5. The first-order valence-electron chi connectivity index (χ1n) is 8.74. The number of nitrogens with zero attached hydrogens (tertiary/aromatic N) is 2. The summed E-state index contributed by atoms with van der Waals surface area (Å²) in [6.07, 6.45) is 0. The van der Waals surface area contributed by atoms with Crippen molar-refractivity contribution in [2.24, 2.45) is 0 Å². The third kappa shape index (κ3) is 4.93.